The van der Waals surface area contributed by atoms with Gasteiger partial charge in [-0.25, -0.2) is 9.78 Å². The summed E-state index contributed by atoms with van der Waals surface area (Å²) in [4.78, 5) is 27.5. The molecule has 3 amide bonds. The first-order valence-electron chi connectivity index (χ1n) is 5.29. The summed E-state index contributed by atoms with van der Waals surface area (Å²) >= 11 is 2.71. The van der Waals surface area contributed by atoms with Crippen molar-refractivity contribution in [1.82, 2.24) is 25.8 Å². The number of hydrogen-bond donors (Lipinski definition) is 3. The lowest BCUT2D eigenvalue weighted by molar-refractivity contribution is -0.117. The van der Waals surface area contributed by atoms with Gasteiger partial charge in [-0.1, -0.05) is 17.8 Å². The number of aromatic amines is 1. The molecule has 19 heavy (non-hydrogen) atoms. The van der Waals surface area contributed by atoms with Crippen molar-refractivity contribution in [3.63, 3.8) is 0 Å². The summed E-state index contributed by atoms with van der Waals surface area (Å²) in [6.07, 6.45) is 0. The highest BCUT2D eigenvalue weighted by Crippen LogP contribution is 2.22. The van der Waals surface area contributed by atoms with Gasteiger partial charge in [-0.3, -0.25) is 15.2 Å². The molecule has 3 N–H and O–H groups in total. The van der Waals surface area contributed by atoms with Crippen LogP contribution in [-0.4, -0.2) is 39.9 Å². The smallest absolute Gasteiger partial charge is 0.321 e. The zero-order chi connectivity index (χ0) is 13.7. The van der Waals surface area contributed by atoms with Gasteiger partial charge in [-0.15, -0.1) is 16.4 Å². The fraction of sp³-hybridized carbons (Fsp3) is 0.200. The predicted octanol–water partition coefficient (Wildman–Crippen LogP) is 1.08. The van der Waals surface area contributed by atoms with Crippen molar-refractivity contribution in [2.24, 2.45) is 0 Å². The van der Waals surface area contributed by atoms with Crippen molar-refractivity contribution in [2.45, 2.75) is 5.16 Å². The molecule has 0 aliphatic rings. The maximum absolute atomic E-state index is 11.4. The average molecular weight is 297 g/mol. The normalized spacial score (nSPS) is 10.2. The zero-order valence-electron chi connectivity index (χ0n) is 9.97. The first-order valence-corrected chi connectivity index (χ1v) is 7.16. The van der Waals surface area contributed by atoms with Crippen molar-refractivity contribution in [2.75, 3.05) is 12.8 Å². The van der Waals surface area contributed by atoms with Gasteiger partial charge in [0.05, 0.1) is 10.6 Å². The summed E-state index contributed by atoms with van der Waals surface area (Å²) in [6.45, 7) is 0. The van der Waals surface area contributed by atoms with Crippen LogP contribution in [0.15, 0.2) is 22.7 Å². The molecule has 2 aromatic rings. The van der Waals surface area contributed by atoms with E-state index in [4.69, 9.17) is 0 Å². The van der Waals surface area contributed by atoms with Crippen LogP contribution in [0.5, 0.6) is 0 Å². The van der Waals surface area contributed by atoms with Gasteiger partial charge < -0.3 is 5.32 Å². The van der Waals surface area contributed by atoms with E-state index in [9.17, 15) is 9.59 Å². The number of carbonyl (C=O) groups excluding carboxylic acids is 2. The maximum Gasteiger partial charge on any atom is 0.321 e. The van der Waals surface area contributed by atoms with Crippen LogP contribution >= 0.6 is 23.1 Å². The van der Waals surface area contributed by atoms with E-state index in [1.165, 1.54) is 7.05 Å². The number of aromatic nitrogens is 3. The molecule has 0 bridgehead atoms. The maximum atomic E-state index is 11.4. The molecule has 0 fully saturated rings. The van der Waals surface area contributed by atoms with Crippen LogP contribution in [0, 0.1) is 0 Å². The second-order valence-electron chi connectivity index (χ2n) is 3.36. The number of H-pyrrole nitrogens is 1. The fourth-order valence-corrected chi connectivity index (χ4v) is 2.45. The monoisotopic (exact) mass is 297 g/mol. The third-order valence-electron chi connectivity index (χ3n) is 2.03. The second kappa shape index (κ2) is 6.34. The molecule has 0 aliphatic carbocycles. The van der Waals surface area contributed by atoms with Crippen molar-refractivity contribution in [3.8, 4) is 10.7 Å². The molecule has 100 valence electrons. The molecule has 0 saturated carbocycles. The Balaban J connectivity index is 1.87. The molecule has 2 heterocycles. The van der Waals surface area contributed by atoms with Gasteiger partial charge in [0, 0.05) is 7.05 Å². The quantitative estimate of drug-likeness (QED) is 0.733. The van der Waals surface area contributed by atoms with Crippen LogP contribution in [0.25, 0.3) is 10.7 Å². The molecule has 0 unspecified atom stereocenters. The van der Waals surface area contributed by atoms with Gasteiger partial charge in [0.25, 0.3) is 0 Å². The number of carbonyl (C=O) groups is 2. The Bertz CT molecular complexity index is 566. The van der Waals surface area contributed by atoms with Crippen molar-refractivity contribution >= 4 is 35.0 Å². The molecule has 9 heteroatoms. The van der Waals surface area contributed by atoms with Crippen molar-refractivity contribution < 1.29 is 9.59 Å². The van der Waals surface area contributed by atoms with Crippen LogP contribution in [-0.2, 0) is 4.79 Å². The zero-order valence-corrected chi connectivity index (χ0v) is 11.6. The lowest BCUT2D eigenvalue weighted by Gasteiger charge is -2.00. The highest BCUT2D eigenvalue weighted by Gasteiger charge is 2.10. The van der Waals surface area contributed by atoms with E-state index in [2.05, 4.69) is 25.8 Å². The van der Waals surface area contributed by atoms with Crippen LogP contribution in [0.4, 0.5) is 4.79 Å². The highest BCUT2D eigenvalue weighted by atomic mass is 32.2. The Morgan fingerprint density at radius 2 is 2.37 bits per heavy atom. The standard InChI is InChI=1S/C10H11N5O2S2/c1-11-9(17)12-7(16)5-19-10-13-8(14-15-10)6-3-2-4-18-6/h2-4H,5H2,1H3,(H,13,14,15)(H2,11,12,16,17). The number of hydrogen-bond acceptors (Lipinski definition) is 6. The molecular weight excluding hydrogens is 286 g/mol. The van der Waals surface area contributed by atoms with Crippen LogP contribution in [0.3, 0.4) is 0 Å². The lowest BCUT2D eigenvalue weighted by Crippen LogP contribution is -2.38. The molecule has 0 atom stereocenters. The summed E-state index contributed by atoms with van der Waals surface area (Å²) in [7, 11) is 1.44. The highest BCUT2D eigenvalue weighted by molar-refractivity contribution is 7.99. The molecule has 2 rings (SSSR count). The largest absolute Gasteiger partial charge is 0.341 e. The number of thioether (sulfide) groups is 1. The van der Waals surface area contributed by atoms with Crippen LogP contribution < -0.4 is 10.6 Å². The average Bonchev–Trinajstić information content (AvgIpc) is 3.06. The third-order valence-corrected chi connectivity index (χ3v) is 3.76. The van der Waals surface area contributed by atoms with Crippen LogP contribution in [0.2, 0.25) is 0 Å². The molecule has 0 saturated heterocycles. The number of imide groups is 1. The Hall–Kier alpha value is -1.87. The summed E-state index contributed by atoms with van der Waals surface area (Å²) in [5.74, 6) is 0.353. The molecular formula is C10H11N5O2S2. The van der Waals surface area contributed by atoms with E-state index in [1.807, 2.05) is 17.5 Å². The SMILES string of the molecule is CNC(=O)NC(=O)CSc1n[nH]c(-c2cccs2)n1. The number of nitrogens with one attached hydrogen (secondary N) is 3. The summed E-state index contributed by atoms with van der Waals surface area (Å²) in [6, 6.07) is 3.32. The van der Waals surface area contributed by atoms with E-state index in [0.717, 1.165) is 16.6 Å². The van der Waals surface area contributed by atoms with E-state index >= 15 is 0 Å². The topological polar surface area (TPSA) is 99.8 Å². The van der Waals surface area contributed by atoms with Crippen molar-refractivity contribution in [3.05, 3.63) is 17.5 Å². The molecule has 2 aromatic heterocycles. The number of thiophene rings is 1. The van der Waals surface area contributed by atoms with Gasteiger partial charge in [0.1, 0.15) is 0 Å². The van der Waals surface area contributed by atoms with E-state index in [-0.39, 0.29) is 5.75 Å². The summed E-state index contributed by atoms with van der Waals surface area (Å²) in [5, 5.41) is 13.7. The molecule has 0 aliphatic heterocycles. The molecule has 0 spiro atoms. The molecule has 0 aromatic carbocycles. The fourth-order valence-electron chi connectivity index (χ4n) is 1.19. The number of rotatable bonds is 4. The number of urea groups is 1. The van der Waals surface area contributed by atoms with Crippen LogP contribution in [0.1, 0.15) is 0 Å². The molecule has 7 nitrogen and oxygen atoms in total. The van der Waals surface area contributed by atoms with E-state index in [0.29, 0.717) is 11.0 Å². The summed E-state index contributed by atoms with van der Waals surface area (Å²) < 4.78 is 0. The van der Waals surface area contributed by atoms with Crippen molar-refractivity contribution in [1.29, 1.82) is 0 Å². The minimum absolute atomic E-state index is 0.0785. The minimum Gasteiger partial charge on any atom is -0.341 e. The number of amides is 3. The Morgan fingerprint density at radius 3 is 3.05 bits per heavy atom. The first-order chi connectivity index (χ1) is 9.19. The predicted molar refractivity (Wildman–Crippen MR) is 73.0 cm³/mol. The Morgan fingerprint density at radius 1 is 1.53 bits per heavy atom. The summed E-state index contributed by atoms with van der Waals surface area (Å²) in [5.41, 5.74) is 0. The third kappa shape index (κ3) is 3.80. The Kier molecular flexibility index (Phi) is 4.53. The van der Waals surface area contributed by atoms with Gasteiger partial charge in [0.15, 0.2) is 5.82 Å². The van der Waals surface area contributed by atoms with Gasteiger partial charge in [0.2, 0.25) is 11.1 Å². The molecule has 0 radical (unpaired) electrons. The minimum atomic E-state index is -0.528. The Labute approximate surface area is 117 Å². The number of nitrogens with zero attached hydrogens (tertiary/aromatic N) is 2. The first kappa shape index (κ1) is 13.6. The van der Waals surface area contributed by atoms with E-state index in [1.54, 1.807) is 11.3 Å². The van der Waals surface area contributed by atoms with Gasteiger partial charge in [-0.2, -0.15) is 0 Å². The van der Waals surface area contributed by atoms with Gasteiger partial charge >= 0.3 is 6.03 Å². The van der Waals surface area contributed by atoms with E-state index < -0.39 is 11.9 Å². The second-order valence-corrected chi connectivity index (χ2v) is 5.25. The van der Waals surface area contributed by atoms with Gasteiger partial charge in [-0.05, 0) is 11.4 Å². The lowest BCUT2D eigenvalue weighted by atomic mass is 10.4.